The predicted molar refractivity (Wildman–Crippen MR) is 74.8 cm³/mol. The Kier molecular flexibility index (Phi) is 3.89. The molecule has 2 N–H and O–H groups in total. The molecule has 4 heteroatoms. The minimum Gasteiger partial charge on any atom is -0.313 e. The van der Waals surface area contributed by atoms with Crippen LogP contribution in [-0.2, 0) is 13.0 Å². The Morgan fingerprint density at radius 2 is 2.05 bits per heavy atom. The third-order valence-corrected chi connectivity index (χ3v) is 3.59. The van der Waals surface area contributed by atoms with E-state index in [0.29, 0.717) is 0 Å². The molecule has 0 unspecified atom stereocenters. The zero-order valence-electron chi connectivity index (χ0n) is 11.1. The van der Waals surface area contributed by atoms with E-state index in [1.54, 1.807) is 6.33 Å². The van der Waals surface area contributed by atoms with Gasteiger partial charge in [0.25, 0.3) is 0 Å². The number of benzene rings is 1. The molecule has 0 aliphatic heterocycles. The van der Waals surface area contributed by atoms with Gasteiger partial charge in [0.05, 0.1) is 0 Å². The lowest BCUT2D eigenvalue weighted by Crippen LogP contribution is -2.15. The summed E-state index contributed by atoms with van der Waals surface area (Å²) in [6.07, 6.45) is 6.34. The van der Waals surface area contributed by atoms with Gasteiger partial charge in [-0.1, -0.05) is 24.3 Å². The largest absolute Gasteiger partial charge is 0.313 e. The Bertz CT molecular complexity index is 485. The minimum absolute atomic E-state index is 0.851. The lowest BCUT2D eigenvalue weighted by molar-refractivity contribution is 0.639. The minimum atomic E-state index is 0.851. The number of nitrogens with one attached hydrogen (secondary N) is 2. The Labute approximate surface area is 113 Å². The van der Waals surface area contributed by atoms with Gasteiger partial charge >= 0.3 is 0 Å². The van der Waals surface area contributed by atoms with Crippen LogP contribution in [-0.4, -0.2) is 21.7 Å². The summed E-state index contributed by atoms with van der Waals surface area (Å²) in [4.78, 5) is 4.11. The molecule has 0 saturated heterocycles. The fraction of sp³-hybridized carbons (Fsp3) is 0.467. The maximum absolute atomic E-state index is 4.11. The summed E-state index contributed by atoms with van der Waals surface area (Å²) in [5, 5.41) is 10.2. The molecule has 1 fully saturated rings. The first-order valence-electron chi connectivity index (χ1n) is 7.05. The van der Waals surface area contributed by atoms with E-state index in [-0.39, 0.29) is 0 Å². The molecule has 100 valence electrons. The molecule has 0 bridgehead atoms. The number of aromatic nitrogens is 3. The summed E-state index contributed by atoms with van der Waals surface area (Å²) >= 11 is 0. The second-order valence-corrected chi connectivity index (χ2v) is 5.23. The molecule has 0 radical (unpaired) electrons. The third kappa shape index (κ3) is 3.64. The van der Waals surface area contributed by atoms with E-state index in [4.69, 9.17) is 0 Å². The van der Waals surface area contributed by atoms with Crippen LogP contribution in [0.1, 0.15) is 42.1 Å². The highest BCUT2D eigenvalue weighted by Gasteiger charge is 2.22. The van der Waals surface area contributed by atoms with Crippen LogP contribution >= 0.6 is 0 Å². The molecule has 19 heavy (non-hydrogen) atoms. The summed E-state index contributed by atoms with van der Waals surface area (Å²) in [6, 6.07) is 9.06. The lowest BCUT2D eigenvalue weighted by atomic mass is 10.1. The Balaban J connectivity index is 1.35. The number of hydrogen-bond acceptors (Lipinski definition) is 3. The van der Waals surface area contributed by atoms with Crippen molar-refractivity contribution in [3.63, 3.8) is 0 Å². The smallest absolute Gasteiger partial charge is 0.137 e. The number of hydrogen-bond donors (Lipinski definition) is 2. The van der Waals surface area contributed by atoms with Gasteiger partial charge in [-0.15, -0.1) is 0 Å². The van der Waals surface area contributed by atoms with Crippen LogP contribution in [0.4, 0.5) is 0 Å². The van der Waals surface area contributed by atoms with Crippen molar-refractivity contribution in [3.05, 3.63) is 47.5 Å². The van der Waals surface area contributed by atoms with Gasteiger partial charge in [0.1, 0.15) is 12.2 Å². The maximum Gasteiger partial charge on any atom is 0.137 e. The quantitative estimate of drug-likeness (QED) is 0.748. The highest BCUT2D eigenvalue weighted by Crippen LogP contribution is 2.39. The molecule has 1 aromatic heterocycles. The van der Waals surface area contributed by atoms with Crippen LogP contribution < -0.4 is 5.32 Å². The van der Waals surface area contributed by atoms with Gasteiger partial charge in [0.15, 0.2) is 0 Å². The molecule has 1 aromatic carbocycles. The molecule has 1 aliphatic rings. The summed E-state index contributed by atoms with van der Waals surface area (Å²) < 4.78 is 0. The van der Waals surface area contributed by atoms with Crippen molar-refractivity contribution in [1.82, 2.24) is 20.5 Å². The molecule has 0 spiro atoms. The van der Waals surface area contributed by atoms with E-state index in [1.807, 2.05) is 0 Å². The molecular weight excluding hydrogens is 236 g/mol. The van der Waals surface area contributed by atoms with E-state index >= 15 is 0 Å². The topological polar surface area (TPSA) is 53.6 Å². The maximum atomic E-state index is 4.11. The van der Waals surface area contributed by atoms with E-state index in [2.05, 4.69) is 44.8 Å². The van der Waals surface area contributed by atoms with Crippen molar-refractivity contribution in [2.75, 3.05) is 6.54 Å². The molecule has 1 aliphatic carbocycles. The van der Waals surface area contributed by atoms with Crippen molar-refractivity contribution >= 4 is 0 Å². The standard InChI is InChI=1S/C15H20N4/c1(2-15-17-11-18-19-15)9-16-10-12-3-5-13(6-4-12)14-7-8-14/h3-6,11,14,16H,1-2,7-10H2,(H,17,18,19). The van der Waals surface area contributed by atoms with Crippen molar-refractivity contribution in [2.45, 2.75) is 38.1 Å². The van der Waals surface area contributed by atoms with Crippen molar-refractivity contribution in [2.24, 2.45) is 0 Å². The van der Waals surface area contributed by atoms with Crippen LogP contribution in [0.15, 0.2) is 30.6 Å². The van der Waals surface area contributed by atoms with E-state index < -0.39 is 0 Å². The van der Waals surface area contributed by atoms with Gasteiger partial charge in [0.2, 0.25) is 0 Å². The average molecular weight is 256 g/mol. The van der Waals surface area contributed by atoms with Crippen LogP contribution in [0.25, 0.3) is 0 Å². The fourth-order valence-corrected chi connectivity index (χ4v) is 2.29. The number of aromatic amines is 1. The number of H-pyrrole nitrogens is 1. The molecular formula is C15H20N4. The first-order valence-corrected chi connectivity index (χ1v) is 7.05. The monoisotopic (exact) mass is 256 g/mol. The Morgan fingerprint density at radius 3 is 2.74 bits per heavy atom. The van der Waals surface area contributed by atoms with Crippen LogP contribution in [0.2, 0.25) is 0 Å². The van der Waals surface area contributed by atoms with Gasteiger partial charge < -0.3 is 5.32 Å². The lowest BCUT2D eigenvalue weighted by Gasteiger charge is -2.05. The van der Waals surface area contributed by atoms with E-state index in [0.717, 1.165) is 37.7 Å². The molecule has 0 amide bonds. The predicted octanol–water partition coefficient (Wildman–Crippen LogP) is 2.40. The molecule has 2 aromatic rings. The fourth-order valence-electron chi connectivity index (χ4n) is 2.29. The van der Waals surface area contributed by atoms with Crippen molar-refractivity contribution in [3.8, 4) is 0 Å². The van der Waals surface area contributed by atoms with Gasteiger partial charge in [-0.2, -0.15) is 5.10 Å². The molecule has 3 rings (SSSR count). The summed E-state index contributed by atoms with van der Waals surface area (Å²) in [5.74, 6) is 1.82. The van der Waals surface area contributed by atoms with Gasteiger partial charge in [-0.25, -0.2) is 4.98 Å². The summed E-state index contributed by atoms with van der Waals surface area (Å²) in [6.45, 7) is 1.95. The van der Waals surface area contributed by atoms with E-state index in [9.17, 15) is 0 Å². The zero-order valence-corrected chi connectivity index (χ0v) is 11.1. The van der Waals surface area contributed by atoms with Crippen molar-refractivity contribution in [1.29, 1.82) is 0 Å². The van der Waals surface area contributed by atoms with Crippen LogP contribution in [0, 0.1) is 0 Å². The SMILES string of the molecule is c1n[nH]c(CCCNCc2ccc(C3CC3)cc2)n1. The first kappa shape index (κ1) is 12.4. The summed E-state index contributed by atoms with van der Waals surface area (Å²) in [7, 11) is 0. The zero-order chi connectivity index (χ0) is 12.9. The average Bonchev–Trinajstić information content (AvgIpc) is 3.17. The first-order chi connectivity index (χ1) is 9.42. The highest BCUT2D eigenvalue weighted by atomic mass is 15.2. The van der Waals surface area contributed by atoms with Crippen molar-refractivity contribution < 1.29 is 0 Å². The second kappa shape index (κ2) is 5.97. The normalized spacial score (nSPS) is 14.7. The van der Waals surface area contributed by atoms with Gasteiger partial charge in [0, 0.05) is 13.0 Å². The van der Waals surface area contributed by atoms with Gasteiger partial charge in [-0.3, -0.25) is 5.10 Å². The number of rotatable bonds is 7. The van der Waals surface area contributed by atoms with E-state index in [1.165, 1.54) is 24.0 Å². The third-order valence-electron chi connectivity index (χ3n) is 3.59. The van der Waals surface area contributed by atoms with Crippen LogP contribution in [0.3, 0.4) is 0 Å². The molecule has 0 atom stereocenters. The molecule has 4 nitrogen and oxygen atoms in total. The van der Waals surface area contributed by atoms with Crippen LogP contribution in [0.5, 0.6) is 0 Å². The summed E-state index contributed by atoms with van der Waals surface area (Å²) in [5.41, 5.74) is 2.87. The molecule has 1 saturated carbocycles. The number of nitrogens with zero attached hydrogens (tertiary/aromatic N) is 2. The Morgan fingerprint density at radius 1 is 1.21 bits per heavy atom. The number of aryl methyl sites for hydroxylation is 1. The van der Waals surface area contributed by atoms with Gasteiger partial charge in [-0.05, 0) is 42.9 Å². The highest BCUT2D eigenvalue weighted by molar-refractivity contribution is 5.27. The Hall–Kier alpha value is -1.68. The second-order valence-electron chi connectivity index (χ2n) is 5.23. The molecule has 1 heterocycles.